The maximum atomic E-state index is 10.6. The highest BCUT2D eigenvalue weighted by atomic mass is 32.1. The molecule has 0 spiro atoms. The highest BCUT2D eigenvalue weighted by Gasteiger charge is 2.08. The van der Waals surface area contributed by atoms with Crippen LogP contribution in [-0.2, 0) is 11.3 Å². The molecule has 14 heavy (non-hydrogen) atoms. The minimum atomic E-state index is -0.603. The highest BCUT2D eigenvalue weighted by molar-refractivity contribution is 7.08. The van der Waals surface area contributed by atoms with Crippen molar-refractivity contribution in [3.63, 3.8) is 0 Å². The summed E-state index contributed by atoms with van der Waals surface area (Å²) in [6.07, 6.45) is 0. The first-order valence-electron chi connectivity index (χ1n) is 4.38. The normalized spacial score (nSPS) is 12.7. The average molecular weight is 213 g/mol. The number of aryl methyl sites for hydroxylation is 1. The molecule has 1 aromatic heterocycles. The van der Waals surface area contributed by atoms with E-state index < -0.39 is 11.9 Å². The third-order valence-corrected chi connectivity index (χ3v) is 2.92. The molecule has 78 valence electrons. The van der Waals surface area contributed by atoms with Crippen LogP contribution < -0.4 is 16.8 Å². The van der Waals surface area contributed by atoms with E-state index in [9.17, 15) is 4.79 Å². The van der Waals surface area contributed by atoms with Crippen LogP contribution in [-0.4, -0.2) is 18.5 Å². The van der Waals surface area contributed by atoms with Gasteiger partial charge in [0.1, 0.15) is 0 Å². The van der Waals surface area contributed by atoms with Gasteiger partial charge in [0.2, 0.25) is 5.91 Å². The van der Waals surface area contributed by atoms with Gasteiger partial charge in [-0.15, -0.1) is 0 Å². The van der Waals surface area contributed by atoms with Gasteiger partial charge in [-0.1, -0.05) is 0 Å². The van der Waals surface area contributed by atoms with E-state index in [-0.39, 0.29) is 0 Å². The second kappa shape index (κ2) is 5.09. The summed E-state index contributed by atoms with van der Waals surface area (Å²) in [6.45, 7) is 3.21. The Kier molecular flexibility index (Phi) is 4.06. The quantitative estimate of drug-likeness (QED) is 0.642. The molecule has 0 radical (unpaired) electrons. The first-order chi connectivity index (χ1) is 6.61. The molecule has 0 bridgehead atoms. The molecule has 0 aliphatic heterocycles. The SMILES string of the molecule is Cc1cscc1CNCC(N)C(N)=O. The topological polar surface area (TPSA) is 81.1 Å². The Balaban J connectivity index is 2.29. The molecule has 1 unspecified atom stereocenters. The molecule has 1 atom stereocenters. The molecule has 1 heterocycles. The van der Waals surface area contributed by atoms with Crippen molar-refractivity contribution in [1.82, 2.24) is 5.32 Å². The van der Waals surface area contributed by atoms with Crippen LogP contribution in [0.5, 0.6) is 0 Å². The van der Waals surface area contributed by atoms with Crippen LogP contribution in [0.1, 0.15) is 11.1 Å². The van der Waals surface area contributed by atoms with Crippen LogP contribution in [0.2, 0.25) is 0 Å². The summed E-state index contributed by atoms with van der Waals surface area (Å²) in [7, 11) is 0. The zero-order chi connectivity index (χ0) is 10.6. The summed E-state index contributed by atoms with van der Waals surface area (Å²) in [5.74, 6) is -0.473. The second-order valence-electron chi connectivity index (χ2n) is 3.22. The van der Waals surface area contributed by atoms with Crippen molar-refractivity contribution in [1.29, 1.82) is 0 Å². The number of amides is 1. The predicted octanol–water partition coefficient (Wildman–Crippen LogP) is -0.0413. The van der Waals surface area contributed by atoms with Crippen molar-refractivity contribution in [2.45, 2.75) is 19.5 Å². The fourth-order valence-corrected chi connectivity index (χ4v) is 1.89. The van der Waals surface area contributed by atoms with Gasteiger partial charge in [-0.05, 0) is 28.8 Å². The summed E-state index contributed by atoms with van der Waals surface area (Å²) in [4.78, 5) is 10.6. The van der Waals surface area contributed by atoms with E-state index in [1.807, 2.05) is 0 Å². The van der Waals surface area contributed by atoms with E-state index in [2.05, 4.69) is 23.0 Å². The minimum Gasteiger partial charge on any atom is -0.368 e. The fraction of sp³-hybridized carbons (Fsp3) is 0.444. The molecule has 4 nitrogen and oxygen atoms in total. The molecule has 0 fully saturated rings. The van der Waals surface area contributed by atoms with Crippen LogP contribution in [0.25, 0.3) is 0 Å². The van der Waals surface area contributed by atoms with Crippen molar-refractivity contribution in [3.8, 4) is 0 Å². The zero-order valence-corrected chi connectivity index (χ0v) is 8.93. The Hall–Kier alpha value is -0.910. The van der Waals surface area contributed by atoms with Gasteiger partial charge in [-0.2, -0.15) is 11.3 Å². The number of carbonyl (C=O) groups excluding carboxylic acids is 1. The van der Waals surface area contributed by atoms with Crippen LogP contribution in [0.3, 0.4) is 0 Å². The molecule has 1 rings (SSSR count). The van der Waals surface area contributed by atoms with Crippen LogP contribution in [0.4, 0.5) is 0 Å². The third-order valence-electron chi connectivity index (χ3n) is 2.01. The van der Waals surface area contributed by atoms with Gasteiger partial charge in [-0.25, -0.2) is 0 Å². The lowest BCUT2D eigenvalue weighted by Gasteiger charge is -2.08. The largest absolute Gasteiger partial charge is 0.368 e. The Morgan fingerprint density at radius 3 is 2.86 bits per heavy atom. The lowest BCUT2D eigenvalue weighted by Crippen LogP contribution is -2.44. The van der Waals surface area contributed by atoms with E-state index in [1.54, 1.807) is 11.3 Å². The van der Waals surface area contributed by atoms with E-state index in [0.717, 1.165) is 6.54 Å². The molecule has 0 aliphatic rings. The van der Waals surface area contributed by atoms with Gasteiger partial charge in [0.25, 0.3) is 0 Å². The van der Waals surface area contributed by atoms with Gasteiger partial charge in [0, 0.05) is 13.1 Å². The zero-order valence-electron chi connectivity index (χ0n) is 8.12. The van der Waals surface area contributed by atoms with Crippen molar-refractivity contribution < 1.29 is 4.79 Å². The van der Waals surface area contributed by atoms with Crippen LogP contribution in [0.15, 0.2) is 10.8 Å². The summed E-state index contributed by atoms with van der Waals surface area (Å²) in [5, 5.41) is 7.26. The lowest BCUT2D eigenvalue weighted by atomic mass is 10.2. The molecule has 0 aromatic carbocycles. The molecular weight excluding hydrogens is 198 g/mol. The number of primary amides is 1. The summed E-state index contributed by atoms with van der Waals surface area (Å²) < 4.78 is 0. The summed E-state index contributed by atoms with van der Waals surface area (Å²) in [5.41, 5.74) is 13.0. The van der Waals surface area contributed by atoms with Gasteiger partial charge in [0.15, 0.2) is 0 Å². The standard InChI is InChI=1S/C9H15N3OS/c1-6-4-14-5-7(6)2-12-3-8(10)9(11)13/h4-5,8,12H,2-3,10H2,1H3,(H2,11,13). The molecule has 1 aromatic rings. The lowest BCUT2D eigenvalue weighted by molar-refractivity contribution is -0.119. The van der Waals surface area contributed by atoms with Crippen molar-refractivity contribution in [2.75, 3.05) is 6.54 Å². The van der Waals surface area contributed by atoms with Crippen molar-refractivity contribution >= 4 is 17.2 Å². The van der Waals surface area contributed by atoms with Gasteiger partial charge in [0.05, 0.1) is 6.04 Å². The molecule has 0 saturated heterocycles. The van der Waals surface area contributed by atoms with Gasteiger partial charge >= 0.3 is 0 Å². The Morgan fingerprint density at radius 1 is 1.64 bits per heavy atom. The van der Waals surface area contributed by atoms with E-state index >= 15 is 0 Å². The Bertz CT molecular complexity index is 311. The maximum Gasteiger partial charge on any atom is 0.235 e. The van der Waals surface area contributed by atoms with E-state index in [1.165, 1.54) is 11.1 Å². The maximum absolute atomic E-state index is 10.6. The number of nitrogens with one attached hydrogen (secondary N) is 1. The van der Waals surface area contributed by atoms with Gasteiger partial charge < -0.3 is 16.8 Å². The second-order valence-corrected chi connectivity index (χ2v) is 3.96. The molecule has 0 aliphatic carbocycles. The number of hydrogen-bond acceptors (Lipinski definition) is 4. The number of carbonyl (C=O) groups is 1. The van der Waals surface area contributed by atoms with Crippen LogP contribution in [0, 0.1) is 6.92 Å². The highest BCUT2D eigenvalue weighted by Crippen LogP contribution is 2.12. The number of hydrogen-bond donors (Lipinski definition) is 3. The average Bonchev–Trinajstić information content (AvgIpc) is 2.51. The fourth-order valence-electron chi connectivity index (χ4n) is 1.03. The molecular formula is C9H15N3OS. The summed E-state index contributed by atoms with van der Waals surface area (Å²) >= 11 is 1.67. The first kappa shape index (κ1) is 11.2. The van der Waals surface area contributed by atoms with Gasteiger partial charge in [-0.3, -0.25) is 4.79 Å². The number of rotatable bonds is 5. The summed E-state index contributed by atoms with van der Waals surface area (Å²) in [6, 6.07) is -0.603. The predicted molar refractivity (Wildman–Crippen MR) is 57.9 cm³/mol. The first-order valence-corrected chi connectivity index (χ1v) is 5.33. The molecule has 5 heteroatoms. The third kappa shape index (κ3) is 3.10. The van der Waals surface area contributed by atoms with E-state index in [0.29, 0.717) is 6.54 Å². The number of nitrogens with two attached hydrogens (primary N) is 2. The van der Waals surface area contributed by atoms with Crippen LogP contribution >= 0.6 is 11.3 Å². The Morgan fingerprint density at radius 2 is 2.36 bits per heavy atom. The molecule has 5 N–H and O–H groups in total. The Labute approximate surface area is 87.3 Å². The molecule has 1 amide bonds. The van der Waals surface area contributed by atoms with Crippen molar-refractivity contribution in [2.24, 2.45) is 11.5 Å². The molecule has 0 saturated carbocycles. The minimum absolute atomic E-state index is 0.421. The smallest absolute Gasteiger partial charge is 0.235 e. The monoisotopic (exact) mass is 213 g/mol. The van der Waals surface area contributed by atoms with E-state index in [4.69, 9.17) is 11.5 Å². The van der Waals surface area contributed by atoms with Crippen molar-refractivity contribution in [3.05, 3.63) is 21.9 Å². The number of thiophene rings is 1.